The van der Waals surface area contributed by atoms with Gasteiger partial charge < -0.3 is 5.73 Å². The van der Waals surface area contributed by atoms with E-state index in [0.29, 0.717) is 5.84 Å². The third kappa shape index (κ3) is 4.42. The van der Waals surface area contributed by atoms with Crippen LogP contribution in [0.3, 0.4) is 0 Å². The fraction of sp³-hybridized carbons (Fsp3) is 0.188. The number of nitrogens with zero attached hydrogens (tertiary/aromatic N) is 1. The summed E-state index contributed by atoms with van der Waals surface area (Å²) in [5.41, 5.74) is 9.10. The van der Waals surface area contributed by atoms with Gasteiger partial charge in [0, 0.05) is 0 Å². The van der Waals surface area contributed by atoms with Gasteiger partial charge in [-0.05, 0) is 36.1 Å². The lowest BCUT2D eigenvalue weighted by Gasteiger charge is -2.03. The number of amidine groups is 1. The van der Waals surface area contributed by atoms with Crippen molar-refractivity contribution in [2.24, 2.45) is 10.7 Å². The quantitative estimate of drug-likeness (QED) is 0.503. The molecule has 19 heavy (non-hydrogen) atoms. The Labute approximate surface area is 118 Å². The van der Waals surface area contributed by atoms with Gasteiger partial charge in [-0.3, -0.25) is 0 Å². The second-order valence-electron chi connectivity index (χ2n) is 4.39. The Morgan fingerprint density at radius 3 is 2.05 bits per heavy atom. The van der Waals surface area contributed by atoms with Crippen LogP contribution in [0.5, 0.6) is 0 Å². The minimum atomic E-state index is 0.260. The second-order valence-corrected chi connectivity index (χ2v) is 4.66. The van der Waals surface area contributed by atoms with Crippen LogP contribution in [0.25, 0.3) is 0 Å². The first-order valence-corrected chi connectivity index (χ1v) is 6.83. The SMILES string of the molecule is NC(CCl)=Nc1ccc(CCc2ccccc2)cc1. The molecule has 0 aliphatic heterocycles. The molecule has 0 saturated heterocycles. The van der Waals surface area contributed by atoms with Gasteiger partial charge in [-0.2, -0.15) is 0 Å². The maximum atomic E-state index is 5.60. The number of halogens is 1. The van der Waals surface area contributed by atoms with E-state index in [1.807, 2.05) is 18.2 Å². The number of hydrogen-bond acceptors (Lipinski definition) is 1. The van der Waals surface area contributed by atoms with Crippen LogP contribution in [0.4, 0.5) is 5.69 Å². The van der Waals surface area contributed by atoms with Crippen molar-refractivity contribution in [1.29, 1.82) is 0 Å². The Morgan fingerprint density at radius 1 is 0.895 bits per heavy atom. The highest BCUT2D eigenvalue weighted by Gasteiger charge is 1.97. The van der Waals surface area contributed by atoms with Crippen LogP contribution in [0.2, 0.25) is 0 Å². The third-order valence-corrected chi connectivity index (χ3v) is 3.16. The monoisotopic (exact) mass is 272 g/mol. The van der Waals surface area contributed by atoms with Crippen LogP contribution in [-0.2, 0) is 12.8 Å². The first kappa shape index (κ1) is 13.6. The lowest BCUT2D eigenvalue weighted by molar-refractivity contribution is 0.960. The van der Waals surface area contributed by atoms with E-state index < -0.39 is 0 Å². The molecule has 98 valence electrons. The van der Waals surface area contributed by atoms with Crippen molar-refractivity contribution in [3.63, 3.8) is 0 Å². The molecule has 0 amide bonds. The van der Waals surface area contributed by atoms with E-state index in [0.717, 1.165) is 18.5 Å². The molecule has 2 N–H and O–H groups in total. The Kier molecular flexibility index (Phi) is 4.99. The number of rotatable bonds is 5. The van der Waals surface area contributed by atoms with Crippen molar-refractivity contribution >= 4 is 23.1 Å². The Morgan fingerprint density at radius 2 is 1.47 bits per heavy atom. The number of alkyl halides is 1. The van der Waals surface area contributed by atoms with Gasteiger partial charge in [-0.1, -0.05) is 42.5 Å². The van der Waals surface area contributed by atoms with E-state index in [1.54, 1.807) is 0 Å². The highest BCUT2D eigenvalue weighted by atomic mass is 35.5. The molecular formula is C16H17ClN2. The summed E-state index contributed by atoms with van der Waals surface area (Å²) >= 11 is 5.59. The van der Waals surface area contributed by atoms with Crippen LogP contribution < -0.4 is 5.73 Å². The molecule has 0 heterocycles. The predicted octanol–water partition coefficient (Wildman–Crippen LogP) is 3.70. The molecule has 2 nitrogen and oxygen atoms in total. The van der Waals surface area contributed by atoms with Crippen LogP contribution >= 0.6 is 11.6 Å². The smallest absolute Gasteiger partial charge is 0.115 e. The van der Waals surface area contributed by atoms with Crippen LogP contribution in [0.15, 0.2) is 59.6 Å². The summed E-state index contributed by atoms with van der Waals surface area (Å²) in [4.78, 5) is 4.20. The largest absolute Gasteiger partial charge is 0.386 e. The number of aryl methyl sites for hydroxylation is 2. The van der Waals surface area contributed by atoms with Crippen molar-refractivity contribution in [1.82, 2.24) is 0 Å². The molecule has 2 rings (SSSR count). The van der Waals surface area contributed by atoms with Crippen molar-refractivity contribution in [2.45, 2.75) is 12.8 Å². The minimum Gasteiger partial charge on any atom is -0.386 e. The molecule has 0 aliphatic carbocycles. The Bertz CT molecular complexity index is 532. The average molecular weight is 273 g/mol. The van der Waals surface area contributed by atoms with Crippen LogP contribution in [-0.4, -0.2) is 11.7 Å². The van der Waals surface area contributed by atoms with Gasteiger partial charge in [0.1, 0.15) is 5.84 Å². The molecule has 0 bridgehead atoms. The van der Waals surface area contributed by atoms with Crippen LogP contribution in [0, 0.1) is 0 Å². The zero-order valence-electron chi connectivity index (χ0n) is 10.7. The Hall–Kier alpha value is -1.80. The van der Waals surface area contributed by atoms with Crippen molar-refractivity contribution in [2.75, 3.05) is 5.88 Å². The molecular weight excluding hydrogens is 256 g/mol. The maximum Gasteiger partial charge on any atom is 0.115 e. The van der Waals surface area contributed by atoms with Gasteiger partial charge in [-0.25, -0.2) is 4.99 Å². The fourth-order valence-electron chi connectivity index (χ4n) is 1.87. The summed E-state index contributed by atoms with van der Waals surface area (Å²) in [5, 5.41) is 0. The highest BCUT2D eigenvalue weighted by Crippen LogP contribution is 2.15. The maximum absolute atomic E-state index is 5.60. The molecule has 3 heteroatoms. The molecule has 0 atom stereocenters. The highest BCUT2D eigenvalue weighted by molar-refractivity contribution is 6.28. The summed E-state index contributed by atoms with van der Waals surface area (Å²) in [6.45, 7) is 0. The summed E-state index contributed by atoms with van der Waals surface area (Å²) in [6.07, 6.45) is 2.08. The normalized spacial score (nSPS) is 11.5. The molecule has 0 saturated carbocycles. The second kappa shape index (κ2) is 6.95. The fourth-order valence-corrected chi connectivity index (χ4v) is 1.93. The molecule has 2 aromatic rings. The first-order valence-electron chi connectivity index (χ1n) is 6.30. The van der Waals surface area contributed by atoms with E-state index in [9.17, 15) is 0 Å². The first-order chi connectivity index (χ1) is 9.28. The molecule has 0 aromatic heterocycles. The zero-order chi connectivity index (χ0) is 13.5. The van der Waals surface area contributed by atoms with Crippen molar-refractivity contribution < 1.29 is 0 Å². The summed E-state index contributed by atoms with van der Waals surface area (Å²) in [5.74, 6) is 0.703. The Balaban J connectivity index is 1.96. The summed E-state index contributed by atoms with van der Waals surface area (Å²) in [7, 11) is 0. The van der Waals surface area contributed by atoms with E-state index in [4.69, 9.17) is 17.3 Å². The standard InChI is InChI=1S/C16H17ClN2/c17-12-16(18)19-15-10-8-14(9-11-15)7-6-13-4-2-1-3-5-13/h1-5,8-11H,6-7,12H2,(H2,18,19). The minimum absolute atomic E-state index is 0.260. The molecule has 0 unspecified atom stereocenters. The molecule has 0 spiro atoms. The summed E-state index contributed by atoms with van der Waals surface area (Å²) in [6, 6.07) is 18.6. The molecule has 0 aliphatic rings. The predicted molar refractivity (Wildman–Crippen MR) is 82.3 cm³/mol. The third-order valence-electron chi connectivity index (χ3n) is 2.89. The summed E-state index contributed by atoms with van der Waals surface area (Å²) < 4.78 is 0. The molecule has 0 fully saturated rings. The van der Waals surface area contributed by atoms with E-state index in [2.05, 4.69) is 41.4 Å². The molecule has 2 aromatic carbocycles. The van der Waals surface area contributed by atoms with Gasteiger partial charge in [0.2, 0.25) is 0 Å². The number of nitrogens with two attached hydrogens (primary N) is 1. The number of benzene rings is 2. The van der Waals surface area contributed by atoms with Gasteiger partial charge in [0.25, 0.3) is 0 Å². The zero-order valence-corrected chi connectivity index (χ0v) is 11.5. The van der Waals surface area contributed by atoms with Gasteiger partial charge in [0.15, 0.2) is 0 Å². The van der Waals surface area contributed by atoms with E-state index in [-0.39, 0.29) is 5.88 Å². The van der Waals surface area contributed by atoms with Gasteiger partial charge in [0.05, 0.1) is 11.6 Å². The lowest BCUT2D eigenvalue weighted by atomic mass is 10.0. The van der Waals surface area contributed by atoms with Gasteiger partial charge >= 0.3 is 0 Å². The van der Waals surface area contributed by atoms with Gasteiger partial charge in [-0.15, -0.1) is 11.6 Å². The number of aliphatic imine (C=N–C) groups is 1. The van der Waals surface area contributed by atoms with E-state index >= 15 is 0 Å². The van der Waals surface area contributed by atoms with Crippen molar-refractivity contribution in [3.8, 4) is 0 Å². The molecule has 0 radical (unpaired) electrons. The average Bonchev–Trinajstić information content (AvgIpc) is 2.47. The lowest BCUT2D eigenvalue weighted by Crippen LogP contribution is -2.12. The van der Waals surface area contributed by atoms with Crippen LogP contribution in [0.1, 0.15) is 11.1 Å². The topological polar surface area (TPSA) is 38.4 Å². The van der Waals surface area contributed by atoms with E-state index in [1.165, 1.54) is 11.1 Å². The van der Waals surface area contributed by atoms with Crippen molar-refractivity contribution in [3.05, 3.63) is 65.7 Å². The number of hydrogen-bond donors (Lipinski definition) is 1.